The Morgan fingerprint density at radius 2 is 1.91 bits per heavy atom. The summed E-state index contributed by atoms with van der Waals surface area (Å²) in [6, 6.07) is 13.3. The van der Waals surface area contributed by atoms with E-state index in [1.807, 2.05) is 18.5 Å². The summed E-state index contributed by atoms with van der Waals surface area (Å²) in [7, 11) is 0. The molecular formula is C22H19FIN7S. The van der Waals surface area contributed by atoms with Crippen molar-refractivity contribution in [3.63, 3.8) is 0 Å². The van der Waals surface area contributed by atoms with Gasteiger partial charge in [0.2, 0.25) is 0 Å². The zero-order valence-electron chi connectivity index (χ0n) is 16.9. The molecule has 0 saturated carbocycles. The molecule has 0 bridgehead atoms. The second-order valence-electron chi connectivity index (χ2n) is 7.27. The van der Waals surface area contributed by atoms with Crippen molar-refractivity contribution in [3.05, 3.63) is 65.7 Å². The van der Waals surface area contributed by atoms with Crippen molar-refractivity contribution in [1.82, 2.24) is 19.9 Å². The predicted molar refractivity (Wildman–Crippen MR) is 136 cm³/mol. The first-order valence-corrected chi connectivity index (χ1v) is 12.3. The predicted octanol–water partition coefficient (Wildman–Crippen LogP) is 5.49. The number of halogens is 2. The highest BCUT2D eigenvalue weighted by molar-refractivity contribution is 14.1. The SMILES string of the molecule is Fc1ccc(Nc2ncnc3nc(Nc4ccc(CN5C=NCC5)cc4)sc23)cc1CI. The number of aromatic nitrogens is 3. The molecule has 2 N–H and O–H groups in total. The minimum atomic E-state index is -0.207. The van der Waals surface area contributed by atoms with Crippen LogP contribution in [0.5, 0.6) is 0 Å². The van der Waals surface area contributed by atoms with Crippen LogP contribution in [0.3, 0.4) is 0 Å². The van der Waals surface area contributed by atoms with Gasteiger partial charge in [0.1, 0.15) is 16.8 Å². The van der Waals surface area contributed by atoms with Crippen molar-refractivity contribution in [2.24, 2.45) is 4.99 Å². The van der Waals surface area contributed by atoms with Crippen LogP contribution in [0.25, 0.3) is 10.3 Å². The van der Waals surface area contributed by atoms with Gasteiger partial charge in [-0.2, -0.15) is 4.98 Å². The number of aliphatic imine (C=N–C) groups is 1. The highest BCUT2D eigenvalue weighted by atomic mass is 127. The van der Waals surface area contributed by atoms with E-state index in [9.17, 15) is 4.39 Å². The van der Waals surface area contributed by atoms with Crippen molar-refractivity contribution in [1.29, 1.82) is 0 Å². The van der Waals surface area contributed by atoms with Gasteiger partial charge in [-0.05, 0) is 41.5 Å². The summed E-state index contributed by atoms with van der Waals surface area (Å²) in [5.41, 5.74) is 4.22. The molecule has 32 heavy (non-hydrogen) atoms. The van der Waals surface area contributed by atoms with Crippen LogP contribution in [0, 0.1) is 5.82 Å². The molecule has 1 aliphatic rings. The van der Waals surface area contributed by atoms with E-state index in [0.29, 0.717) is 21.5 Å². The fourth-order valence-corrected chi connectivity index (χ4v) is 4.85. The average Bonchev–Trinajstić information content (AvgIpc) is 3.46. The Labute approximate surface area is 202 Å². The molecule has 0 atom stereocenters. The third-order valence-electron chi connectivity index (χ3n) is 5.00. The quantitative estimate of drug-likeness (QED) is 0.230. The molecule has 3 heterocycles. The standard InChI is InChI=1S/C22H19FIN7S/c23-18-6-5-17(9-15(18)10-24)28-20-19-21(27-12-26-20)30-22(32-19)29-16-3-1-14(2-4-16)11-31-8-7-25-13-31/h1-6,9,12-13H,7-8,10-11H2,(H2,26,27,28,29,30). The van der Waals surface area contributed by atoms with Crippen LogP contribution in [-0.4, -0.2) is 39.3 Å². The van der Waals surface area contributed by atoms with Gasteiger partial charge in [0.15, 0.2) is 16.6 Å². The van der Waals surface area contributed by atoms with E-state index in [0.717, 1.165) is 40.8 Å². The number of hydrogen-bond donors (Lipinski definition) is 2. The summed E-state index contributed by atoms with van der Waals surface area (Å²) >= 11 is 3.62. The third-order valence-corrected chi connectivity index (χ3v) is 6.78. The van der Waals surface area contributed by atoms with Crippen LogP contribution in [0.4, 0.5) is 26.7 Å². The number of rotatable bonds is 7. The maximum atomic E-state index is 13.8. The Morgan fingerprint density at radius 3 is 2.69 bits per heavy atom. The van der Waals surface area contributed by atoms with Gasteiger partial charge >= 0.3 is 0 Å². The first-order chi connectivity index (χ1) is 15.7. The van der Waals surface area contributed by atoms with Crippen LogP contribution < -0.4 is 10.6 Å². The molecule has 5 rings (SSSR count). The molecule has 0 amide bonds. The van der Waals surface area contributed by atoms with E-state index in [-0.39, 0.29) is 5.82 Å². The van der Waals surface area contributed by atoms with Gasteiger partial charge in [-0.3, -0.25) is 4.99 Å². The largest absolute Gasteiger partial charge is 0.357 e. The first-order valence-electron chi connectivity index (χ1n) is 10.0. The summed E-state index contributed by atoms with van der Waals surface area (Å²) < 4.78 is 15.2. The molecule has 7 nitrogen and oxygen atoms in total. The second-order valence-corrected chi connectivity index (χ2v) is 9.03. The van der Waals surface area contributed by atoms with Gasteiger partial charge in [-0.15, -0.1) is 0 Å². The highest BCUT2D eigenvalue weighted by Crippen LogP contribution is 2.33. The molecule has 162 valence electrons. The van der Waals surface area contributed by atoms with E-state index in [1.54, 1.807) is 12.1 Å². The molecular weight excluding hydrogens is 540 g/mol. The molecule has 0 spiro atoms. The summed E-state index contributed by atoms with van der Waals surface area (Å²) in [6.07, 6.45) is 3.39. The van der Waals surface area contributed by atoms with Crippen LogP contribution in [0.1, 0.15) is 11.1 Å². The maximum Gasteiger partial charge on any atom is 0.189 e. The second kappa shape index (κ2) is 9.33. The summed E-state index contributed by atoms with van der Waals surface area (Å²) in [5, 5.41) is 7.36. The Kier molecular flexibility index (Phi) is 6.12. The topological polar surface area (TPSA) is 78.3 Å². The Bertz CT molecular complexity index is 1280. The average molecular weight is 559 g/mol. The smallest absolute Gasteiger partial charge is 0.189 e. The molecule has 0 aliphatic carbocycles. The molecule has 10 heteroatoms. The number of hydrogen-bond acceptors (Lipinski definition) is 8. The number of thiazole rings is 1. The minimum absolute atomic E-state index is 0.207. The zero-order valence-corrected chi connectivity index (χ0v) is 19.9. The number of fused-ring (bicyclic) bond motifs is 1. The van der Waals surface area contributed by atoms with Crippen molar-refractivity contribution in [3.8, 4) is 0 Å². The van der Waals surface area contributed by atoms with Gasteiger partial charge in [-0.25, -0.2) is 14.4 Å². The maximum absolute atomic E-state index is 13.8. The lowest BCUT2D eigenvalue weighted by Gasteiger charge is -2.13. The normalized spacial score (nSPS) is 13.1. The Balaban J connectivity index is 1.33. The third kappa shape index (κ3) is 4.65. The monoisotopic (exact) mass is 559 g/mol. The molecule has 4 aromatic rings. The van der Waals surface area contributed by atoms with Crippen molar-refractivity contribution < 1.29 is 4.39 Å². The molecule has 0 unspecified atom stereocenters. The number of anilines is 4. The van der Waals surface area contributed by atoms with Gasteiger partial charge in [-0.1, -0.05) is 46.1 Å². The molecule has 2 aromatic carbocycles. The summed E-state index contributed by atoms with van der Waals surface area (Å²) in [5.74, 6) is 0.441. The van der Waals surface area contributed by atoms with E-state index >= 15 is 0 Å². The lowest BCUT2D eigenvalue weighted by molar-refractivity contribution is 0.463. The highest BCUT2D eigenvalue weighted by Gasteiger charge is 2.12. The summed E-state index contributed by atoms with van der Waals surface area (Å²) in [4.78, 5) is 19.7. The van der Waals surface area contributed by atoms with Crippen LogP contribution >= 0.6 is 33.9 Å². The zero-order chi connectivity index (χ0) is 21.9. The van der Waals surface area contributed by atoms with Crippen LogP contribution in [-0.2, 0) is 11.0 Å². The molecule has 0 saturated heterocycles. The molecule has 0 radical (unpaired) electrons. The number of benzene rings is 2. The van der Waals surface area contributed by atoms with Gasteiger partial charge in [0.25, 0.3) is 0 Å². The number of alkyl halides is 1. The van der Waals surface area contributed by atoms with E-state index in [1.165, 1.54) is 29.3 Å². The lowest BCUT2D eigenvalue weighted by Crippen LogP contribution is -2.18. The minimum Gasteiger partial charge on any atom is -0.357 e. The van der Waals surface area contributed by atoms with Gasteiger partial charge < -0.3 is 15.5 Å². The molecule has 2 aromatic heterocycles. The Morgan fingerprint density at radius 1 is 1.06 bits per heavy atom. The Hall–Kier alpha value is -2.86. The van der Waals surface area contributed by atoms with Crippen LogP contribution in [0.2, 0.25) is 0 Å². The van der Waals surface area contributed by atoms with Gasteiger partial charge in [0.05, 0.1) is 12.9 Å². The van der Waals surface area contributed by atoms with Crippen molar-refractivity contribution in [2.75, 3.05) is 23.7 Å². The lowest BCUT2D eigenvalue weighted by atomic mass is 10.2. The number of nitrogens with zero attached hydrogens (tertiary/aromatic N) is 5. The van der Waals surface area contributed by atoms with Crippen molar-refractivity contribution >= 4 is 72.9 Å². The van der Waals surface area contributed by atoms with Crippen molar-refractivity contribution in [2.45, 2.75) is 11.0 Å². The van der Waals surface area contributed by atoms with Crippen LogP contribution in [0.15, 0.2) is 53.8 Å². The van der Waals surface area contributed by atoms with E-state index < -0.39 is 0 Å². The summed E-state index contributed by atoms with van der Waals surface area (Å²) in [6.45, 7) is 2.70. The van der Waals surface area contributed by atoms with Gasteiger partial charge in [0, 0.05) is 28.9 Å². The van der Waals surface area contributed by atoms with E-state index in [2.05, 4.69) is 70.2 Å². The first kappa shape index (κ1) is 21.0. The number of nitrogens with one attached hydrogen (secondary N) is 2. The fraction of sp³-hybridized carbons (Fsp3) is 0.182. The fourth-order valence-electron chi connectivity index (χ4n) is 3.38. The van der Waals surface area contributed by atoms with E-state index in [4.69, 9.17) is 0 Å². The molecule has 1 aliphatic heterocycles. The molecule has 0 fully saturated rings.